The van der Waals surface area contributed by atoms with Crippen LogP contribution in [0.25, 0.3) is 12.2 Å². The molecule has 5 heteroatoms. The summed E-state index contributed by atoms with van der Waals surface area (Å²) in [5.41, 5.74) is 1.62. The molecule has 0 bridgehead atoms. The van der Waals surface area contributed by atoms with Crippen LogP contribution < -0.4 is 4.74 Å². The highest BCUT2D eigenvalue weighted by Gasteiger charge is 2.10. The summed E-state index contributed by atoms with van der Waals surface area (Å²) in [4.78, 5) is 4.26. The number of hydrogen-bond acceptors (Lipinski definition) is 5. The number of ether oxygens (including phenoxy) is 2. The smallest absolute Gasteiger partial charge is 0.219 e. The number of aliphatic hydroxyl groups excluding tert-OH is 1. The first-order valence-electron chi connectivity index (χ1n) is 6.17. The molecule has 1 aromatic heterocycles. The van der Waals surface area contributed by atoms with E-state index in [0.29, 0.717) is 24.0 Å². The van der Waals surface area contributed by atoms with E-state index >= 15 is 0 Å². The number of oxazole rings is 1. The van der Waals surface area contributed by atoms with Crippen LogP contribution in [0, 0.1) is 0 Å². The van der Waals surface area contributed by atoms with Gasteiger partial charge in [-0.25, -0.2) is 4.98 Å². The molecule has 20 heavy (non-hydrogen) atoms. The second-order valence-corrected chi connectivity index (χ2v) is 4.12. The quantitative estimate of drug-likeness (QED) is 0.877. The van der Waals surface area contributed by atoms with E-state index in [2.05, 4.69) is 4.98 Å². The topological polar surface area (TPSA) is 64.7 Å². The first kappa shape index (κ1) is 14.3. The molecular formula is C15H17NO4. The zero-order chi connectivity index (χ0) is 14.4. The Labute approximate surface area is 117 Å². The van der Waals surface area contributed by atoms with Crippen LogP contribution >= 0.6 is 0 Å². The van der Waals surface area contributed by atoms with Gasteiger partial charge in [0.2, 0.25) is 5.89 Å². The fourth-order valence-corrected chi connectivity index (χ4v) is 1.73. The molecule has 0 aliphatic heterocycles. The highest BCUT2D eigenvalue weighted by molar-refractivity contribution is 5.66. The van der Waals surface area contributed by atoms with Gasteiger partial charge in [-0.05, 0) is 23.8 Å². The minimum absolute atomic E-state index is 0.192. The fraction of sp³-hybridized carbons (Fsp3) is 0.267. The average Bonchev–Trinajstić information content (AvgIpc) is 2.88. The maximum atomic E-state index is 9.17. The van der Waals surface area contributed by atoms with Crippen LogP contribution in [-0.2, 0) is 18.0 Å². The molecule has 1 N–H and O–H groups in total. The molecule has 0 amide bonds. The molecule has 0 spiro atoms. The summed E-state index contributed by atoms with van der Waals surface area (Å²) >= 11 is 0. The van der Waals surface area contributed by atoms with Crippen molar-refractivity contribution >= 4 is 12.2 Å². The summed E-state index contributed by atoms with van der Waals surface area (Å²) in [6.07, 6.45) is 3.63. The third-order valence-corrected chi connectivity index (χ3v) is 2.75. The summed E-state index contributed by atoms with van der Waals surface area (Å²) in [5.74, 6) is 1.68. The molecule has 2 aromatic rings. The van der Waals surface area contributed by atoms with Crippen molar-refractivity contribution in [3.05, 3.63) is 47.2 Å². The Kier molecular flexibility index (Phi) is 4.92. The molecule has 0 atom stereocenters. The first-order chi connectivity index (χ1) is 9.76. The second kappa shape index (κ2) is 6.88. The average molecular weight is 275 g/mol. The Morgan fingerprint density at radius 2 is 1.95 bits per heavy atom. The molecular weight excluding hydrogens is 258 g/mol. The third-order valence-electron chi connectivity index (χ3n) is 2.75. The molecule has 0 saturated heterocycles. The predicted molar refractivity (Wildman–Crippen MR) is 75.1 cm³/mol. The molecule has 0 saturated carbocycles. The molecule has 0 unspecified atom stereocenters. The molecule has 2 rings (SSSR count). The van der Waals surface area contributed by atoms with Crippen molar-refractivity contribution in [2.24, 2.45) is 0 Å². The van der Waals surface area contributed by atoms with Crippen molar-refractivity contribution < 1.29 is 19.0 Å². The van der Waals surface area contributed by atoms with Gasteiger partial charge < -0.3 is 19.0 Å². The van der Waals surface area contributed by atoms with E-state index in [1.807, 2.05) is 30.3 Å². The van der Waals surface area contributed by atoms with Gasteiger partial charge in [0.1, 0.15) is 18.1 Å². The molecule has 0 aliphatic rings. The molecule has 1 heterocycles. The van der Waals surface area contributed by atoms with Gasteiger partial charge in [-0.1, -0.05) is 12.1 Å². The summed E-state index contributed by atoms with van der Waals surface area (Å²) in [7, 11) is 3.20. The highest BCUT2D eigenvalue weighted by Crippen LogP contribution is 2.16. The van der Waals surface area contributed by atoms with Crippen LogP contribution in [0.2, 0.25) is 0 Å². The van der Waals surface area contributed by atoms with Gasteiger partial charge in [0.25, 0.3) is 0 Å². The van der Waals surface area contributed by atoms with Crippen molar-refractivity contribution in [2.75, 3.05) is 14.2 Å². The van der Waals surface area contributed by atoms with Crippen molar-refractivity contribution in [3.8, 4) is 5.75 Å². The zero-order valence-corrected chi connectivity index (χ0v) is 11.5. The number of methoxy groups -OCH3 is 2. The molecule has 0 aliphatic carbocycles. The van der Waals surface area contributed by atoms with Gasteiger partial charge in [0.15, 0.2) is 5.76 Å². The van der Waals surface area contributed by atoms with E-state index in [1.54, 1.807) is 20.3 Å². The zero-order valence-electron chi connectivity index (χ0n) is 11.5. The normalized spacial score (nSPS) is 11.2. The van der Waals surface area contributed by atoms with Crippen molar-refractivity contribution in [2.45, 2.75) is 13.2 Å². The number of nitrogens with zero attached hydrogens (tertiary/aromatic N) is 1. The van der Waals surface area contributed by atoms with Gasteiger partial charge in [-0.3, -0.25) is 0 Å². The summed E-state index contributed by atoms with van der Waals surface area (Å²) in [6, 6.07) is 7.62. The number of rotatable bonds is 6. The van der Waals surface area contributed by atoms with Gasteiger partial charge >= 0.3 is 0 Å². The number of hydrogen-bond donors (Lipinski definition) is 1. The summed E-state index contributed by atoms with van der Waals surface area (Å²) in [6.45, 7) is 0.123. The number of aromatic nitrogens is 1. The molecule has 1 aromatic carbocycles. The molecule has 0 radical (unpaired) electrons. The Morgan fingerprint density at radius 1 is 1.20 bits per heavy atom. The van der Waals surface area contributed by atoms with E-state index in [4.69, 9.17) is 13.9 Å². The van der Waals surface area contributed by atoms with Gasteiger partial charge in [0.05, 0.1) is 13.7 Å². The Morgan fingerprint density at radius 3 is 2.55 bits per heavy atom. The van der Waals surface area contributed by atoms with Crippen LogP contribution in [0.15, 0.2) is 28.7 Å². The Balaban J connectivity index is 2.13. The van der Waals surface area contributed by atoms with Crippen LogP contribution in [-0.4, -0.2) is 24.3 Å². The van der Waals surface area contributed by atoms with E-state index in [0.717, 1.165) is 11.3 Å². The third kappa shape index (κ3) is 3.46. The monoisotopic (exact) mass is 275 g/mol. The highest BCUT2D eigenvalue weighted by atomic mass is 16.5. The van der Waals surface area contributed by atoms with Crippen LogP contribution in [0.1, 0.15) is 22.9 Å². The Bertz CT molecular complexity index is 572. The number of benzene rings is 1. The van der Waals surface area contributed by atoms with E-state index in [1.165, 1.54) is 0 Å². The van der Waals surface area contributed by atoms with Crippen LogP contribution in [0.4, 0.5) is 0 Å². The van der Waals surface area contributed by atoms with Gasteiger partial charge in [0, 0.05) is 13.2 Å². The van der Waals surface area contributed by atoms with E-state index in [9.17, 15) is 5.11 Å². The van der Waals surface area contributed by atoms with Crippen molar-refractivity contribution in [1.82, 2.24) is 4.98 Å². The summed E-state index contributed by atoms with van der Waals surface area (Å²) < 4.78 is 15.5. The molecule has 106 valence electrons. The van der Waals surface area contributed by atoms with E-state index in [-0.39, 0.29) is 6.61 Å². The maximum Gasteiger partial charge on any atom is 0.219 e. The minimum Gasteiger partial charge on any atom is -0.497 e. The van der Waals surface area contributed by atoms with Crippen molar-refractivity contribution in [1.29, 1.82) is 0 Å². The standard InChI is InChI=1S/C15H17NO4/c1-18-10-13-14(9-17)20-15(16-13)8-5-11-3-6-12(19-2)7-4-11/h3-8,17H,9-10H2,1-2H3/b8-5+. The van der Waals surface area contributed by atoms with Crippen LogP contribution in [0.3, 0.4) is 0 Å². The SMILES string of the molecule is COCc1nc(/C=C/c2ccc(OC)cc2)oc1CO. The predicted octanol–water partition coefficient (Wildman–Crippen LogP) is 2.49. The Hall–Kier alpha value is -2.11. The molecule has 5 nitrogen and oxygen atoms in total. The lowest BCUT2D eigenvalue weighted by Crippen LogP contribution is -1.93. The van der Waals surface area contributed by atoms with E-state index < -0.39 is 0 Å². The van der Waals surface area contributed by atoms with Crippen LogP contribution in [0.5, 0.6) is 5.75 Å². The lowest BCUT2D eigenvalue weighted by Gasteiger charge is -1.98. The van der Waals surface area contributed by atoms with Crippen molar-refractivity contribution in [3.63, 3.8) is 0 Å². The van der Waals surface area contributed by atoms with Gasteiger partial charge in [-0.2, -0.15) is 0 Å². The minimum atomic E-state index is -0.192. The second-order valence-electron chi connectivity index (χ2n) is 4.12. The number of aliphatic hydroxyl groups is 1. The van der Waals surface area contributed by atoms with Gasteiger partial charge in [-0.15, -0.1) is 0 Å². The fourth-order valence-electron chi connectivity index (χ4n) is 1.73. The summed E-state index contributed by atoms with van der Waals surface area (Å²) in [5, 5.41) is 9.17. The lowest BCUT2D eigenvalue weighted by atomic mass is 10.2. The maximum absolute atomic E-state index is 9.17. The largest absolute Gasteiger partial charge is 0.497 e. The molecule has 0 fully saturated rings. The lowest BCUT2D eigenvalue weighted by molar-refractivity contribution is 0.175. The first-order valence-corrected chi connectivity index (χ1v) is 6.17.